The van der Waals surface area contributed by atoms with Gasteiger partial charge in [-0.1, -0.05) is 18.7 Å². The van der Waals surface area contributed by atoms with Gasteiger partial charge in [-0.3, -0.25) is 9.59 Å². The normalized spacial score (nSPS) is 20.5. The molecule has 0 spiro atoms. The molecule has 0 saturated heterocycles. The van der Waals surface area contributed by atoms with Crippen molar-refractivity contribution in [3.05, 3.63) is 65.6 Å². The molecular formula is C26H35FN6O3. The van der Waals surface area contributed by atoms with Crippen molar-refractivity contribution in [3.63, 3.8) is 0 Å². The van der Waals surface area contributed by atoms with Crippen LogP contribution < -0.4 is 33.2 Å². The van der Waals surface area contributed by atoms with Gasteiger partial charge in [0.25, 0.3) is 0 Å². The number of nitrogens with one attached hydrogen (secondary N) is 3. The summed E-state index contributed by atoms with van der Waals surface area (Å²) in [5.74, 6) is -1.25. The van der Waals surface area contributed by atoms with Crippen LogP contribution in [0.5, 0.6) is 5.75 Å². The summed E-state index contributed by atoms with van der Waals surface area (Å²) in [4.78, 5) is 25.9. The smallest absolute Gasteiger partial charge is 0.242 e. The molecule has 10 heteroatoms. The van der Waals surface area contributed by atoms with Crippen LogP contribution in [0.4, 0.5) is 4.39 Å². The number of halogens is 1. The molecule has 0 fully saturated rings. The summed E-state index contributed by atoms with van der Waals surface area (Å²) in [6, 6.07) is 7.20. The van der Waals surface area contributed by atoms with E-state index in [4.69, 9.17) is 17.2 Å². The second-order valence-electron chi connectivity index (χ2n) is 8.96. The van der Waals surface area contributed by atoms with Crippen LogP contribution in [0.3, 0.4) is 0 Å². The molecule has 2 amide bonds. The molecule has 36 heavy (non-hydrogen) atoms. The lowest BCUT2D eigenvalue weighted by Gasteiger charge is -2.27. The lowest BCUT2D eigenvalue weighted by atomic mass is 9.95. The number of nitrogens with two attached hydrogens (primary N) is 3. The number of phenols is 1. The van der Waals surface area contributed by atoms with Crippen molar-refractivity contribution in [2.24, 2.45) is 17.2 Å². The Kier molecular flexibility index (Phi) is 9.40. The second-order valence-corrected chi connectivity index (χ2v) is 8.96. The van der Waals surface area contributed by atoms with E-state index in [1.807, 2.05) is 0 Å². The van der Waals surface area contributed by atoms with E-state index in [0.29, 0.717) is 47.3 Å². The van der Waals surface area contributed by atoms with Crippen molar-refractivity contribution in [2.45, 2.75) is 43.8 Å². The molecule has 1 aliphatic heterocycles. The number of phenolic OH excluding ortho intramolecular Hbond substituents is 1. The van der Waals surface area contributed by atoms with Crippen LogP contribution in [-0.2, 0) is 22.4 Å². The van der Waals surface area contributed by atoms with Crippen molar-refractivity contribution in [2.75, 3.05) is 19.6 Å². The number of hydrogen-bond acceptors (Lipinski definition) is 7. The van der Waals surface area contributed by atoms with Crippen molar-refractivity contribution < 1.29 is 19.1 Å². The van der Waals surface area contributed by atoms with Crippen molar-refractivity contribution in [1.82, 2.24) is 16.0 Å². The molecule has 4 bridgehead atoms. The number of carbonyl (C=O) groups is 2. The zero-order valence-corrected chi connectivity index (χ0v) is 20.2. The van der Waals surface area contributed by atoms with Gasteiger partial charge in [-0.05, 0) is 65.9 Å². The number of aromatic hydroxyl groups is 1. The van der Waals surface area contributed by atoms with Crippen LogP contribution >= 0.6 is 0 Å². The van der Waals surface area contributed by atoms with Gasteiger partial charge in [-0.2, -0.15) is 0 Å². The van der Waals surface area contributed by atoms with Crippen LogP contribution in [0.1, 0.15) is 24.0 Å². The highest BCUT2D eigenvalue weighted by Crippen LogP contribution is 2.29. The second kappa shape index (κ2) is 12.5. The third-order valence-corrected chi connectivity index (χ3v) is 6.21. The fourth-order valence-electron chi connectivity index (χ4n) is 4.18. The van der Waals surface area contributed by atoms with Crippen molar-refractivity contribution >= 4 is 11.8 Å². The summed E-state index contributed by atoms with van der Waals surface area (Å²) in [7, 11) is 0. The van der Waals surface area contributed by atoms with E-state index in [9.17, 15) is 19.1 Å². The van der Waals surface area contributed by atoms with Gasteiger partial charge in [0, 0.05) is 31.6 Å². The fourth-order valence-corrected chi connectivity index (χ4v) is 4.18. The fraction of sp³-hybridized carbons (Fsp3) is 0.385. The Morgan fingerprint density at radius 3 is 2.47 bits per heavy atom. The standard InChI is InChI=1S/C26H35FN6O3/c1-15-22(3-2-8-28)33-25(35)21(30)13-19-12-17(5-7-24(19)34)16-4-6-20(27)18(11-16)14-23(32-15)26(36)31-10-9-29/h4-7,11-12,21-23,32,34H,1-3,8-10,13-14,28-30H2,(H,31,36)(H,33,35)/t21?,22-,23?/m0/s1. The van der Waals surface area contributed by atoms with E-state index in [2.05, 4.69) is 22.5 Å². The lowest BCUT2D eigenvalue weighted by Crippen LogP contribution is -2.52. The van der Waals surface area contributed by atoms with E-state index < -0.39 is 29.8 Å². The molecule has 10 N–H and O–H groups in total. The quantitative estimate of drug-likeness (QED) is 0.302. The molecule has 9 nitrogen and oxygen atoms in total. The molecule has 1 aliphatic rings. The molecule has 0 radical (unpaired) electrons. The first-order chi connectivity index (χ1) is 17.2. The predicted octanol–water partition coefficient (Wildman–Crippen LogP) is 0.395. The van der Waals surface area contributed by atoms with Gasteiger partial charge in [0.05, 0.1) is 12.1 Å². The van der Waals surface area contributed by atoms with Gasteiger partial charge in [0.2, 0.25) is 11.8 Å². The SMILES string of the molecule is C=C1NC(C(=O)NCCN)Cc2cc(ccc2F)-c2ccc(O)c(c2)CC(N)C(=O)N[C@H]1CCCN. The Hall–Kier alpha value is -3.47. The highest BCUT2D eigenvalue weighted by Gasteiger charge is 2.26. The summed E-state index contributed by atoms with van der Waals surface area (Å²) < 4.78 is 14.9. The van der Waals surface area contributed by atoms with Gasteiger partial charge in [-0.15, -0.1) is 0 Å². The van der Waals surface area contributed by atoms with Gasteiger partial charge in [-0.25, -0.2) is 4.39 Å². The van der Waals surface area contributed by atoms with Crippen LogP contribution in [-0.4, -0.2) is 54.7 Å². The number of hydrogen-bond donors (Lipinski definition) is 7. The first-order valence-electron chi connectivity index (χ1n) is 12.0. The monoisotopic (exact) mass is 498 g/mol. The average molecular weight is 499 g/mol. The highest BCUT2D eigenvalue weighted by atomic mass is 19.1. The van der Waals surface area contributed by atoms with Crippen LogP contribution in [0.15, 0.2) is 48.7 Å². The molecule has 2 aromatic rings. The molecule has 2 unspecified atom stereocenters. The maximum atomic E-state index is 14.9. The molecule has 2 aromatic carbocycles. The van der Waals surface area contributed by atoms with E-state index in [1.165, 1.54) is 12.1 Å². The summed E-state index contributed by atoms with van der Waals surface area (Å²) >= 11 is 0. The summed E-state index contributed by atoms with van der Waals surface area (Å²) in [5.41, 5.74) is 20.0. The summed E-state index contributed by atoms with van der Waals surface area (Å²) in [6.45, 7) is 4.95. The zero-order chi connectivity index (χ0) is 26.2. The number of benzene rings is 2. The minimum absolute atomic E-state index is 0.0102. The van der Waals surface area contributed by atoms with E-state index in [0.717, 1.165) is 0 Å². The first-order valence-corrected chi connectivity index (χ1v) is 12.0. The number of carbonyl (C=O) groups excluding carboxylic acids is 2. The Morgan fingerprint density at radius 2 is 1.78 bits per heavy atom. The van der Waals surface area contributed by atoms with Gasteiger partial charge < -0.3 is 38.3 Å². The molecule has 1 heterocycles. The maximum Gasteiger partial charge on any atom is 0.242 e. The number of fused-ring (bicyclic) bond motifs is 5. The summed E-state index contributed by atoms with van der Waals surface area (Å²) in [5, 5.41) is 19.1. The Balaban J connectivity index is 2.08. The highest BCUT2D eigenvalue weighted by molar-refractivity contribution is 5.84. The third-order valence-electron chi connectivity index (χ3n) is 6.21. The van der Waals surface area contributed by atoms with E-state index in [1.54, 1.807) is 24.3 Å². The molecule has 3 atom stereocenters. The molecular weight excluding hydrogens is 463 g/mol. The van der Waals surface area contributed by atoms with Crippen molar-refractivity contribution in [1.29, 1.82) is 0 Å². The average Bonchev–Trinajstić information content (AvgIpc) is 2.86. The Labute approximate surface area is 210 Å². The lowest BCUT2D eigenvalue weighted by molar-refractivity contribution is -0.123. The molecule has 0 saturated carbocycles. The number of amides is 2. The minimum Gasteiger partial charge on any atom is -0.508 e. The Bertz CT molecular complexity index is 1110. The van der Waals surface area contributed by atoms with E-state index in [-0.39, 0.29) is 37.6 Å². The maximum absolute atomic E-state index is 14.9. The van der Waals surface area contributed by atoms with Crippen LogP contribution in [0.25, 0.3) is 11.1 Å². The predicted molar refractivity (Wildman–Crippen MR) is 137 cm³/mol. The largest absolute Gasteiger partial charge is 0.508 e. The van der Waals surface area contributed by atoms with E-state index >= 15 is 0 Å². The van der Waals surface area contributed by atoms with Crippen LogP contribution in [0.2, 0.25) is 0 Å². The minimum atomic E-state index is -0.947. The topological polar surface area (TPSA) is 169 Å². The first kappa shape index (κ1) is 27.1. The van der Waals surface area contributed by atoms with Crippen molar-refractivity contribution in [3.8, 4) is 16.9 Å². The number of rotatable bonds is 6. The van der Waals surface area contributed by atoms with Crippen LogP contribution in [0, 0.1) is 5.82 Å². The molecule has 0 aromatic heterocycles. The third kappa shape index (κ3) is 6.81. The van der Waals surface area contributed by atoms with Gasteiger partial charge in [0.1, 0.15) is 17.6 Å². The zero-order valence-electron chi connectivity index (χ0n) is 20.2. The molecule has 3 rings (SSSR count). The molecule has 194 valence electrons. The molecule has 0 aliphatic carbocycles. The summed E-state index contributed by atoms with van der Waals surface area (Å²) in [6.07, 6.45) is 1.16. The van der Waals surface area contributed by atoms with Gasteiger partial charge >= 0.3 is 0 Å². The Morgan fingerprint density at radius 1 is 1.08 bits per heavy atom. The van der Waals surface area contributed by atoms with Gasteiger partial charge in [0.15, 0.2) is 0 Å².